The lowest BCUT2D eigenvalue weighted by atomic mass is 10.1. The van der Waals surface area contributed by atoms with E-state index in [9.17, 15) is 9.59 Å². The first-order chi connectivity index (χ1) is 9.33. The normalized spacial score (nSPS) is 12.1. The minimum Gasteiger partial charge on any atom is -0.395 e. The van der Waals surface area contributed by atoms with E-state index in [-0.39, 0.29) is 17.7 Å². The maximum Gasteiger partial charge on any atom is 0.274 e. The number of carbonyl (C=O) groups is 2. The molecule has 0 aliphatic heterocycles. The van der Waals surface area contributed by atoms with Crippen LogP contribution in [0.15, 0.2) is 0 Å². The van der Waals surface area contributed by atoms with E-state index in [0.29, 0.717) is 30.2 Å². The maximum atomic E-state index is 12.5. The summed E-state index contributed by atoms with van der Waals surface area (Å²) in [5, 5.41) is 6.80. The highest BCUT2D eigenvalue weighted by Gasteiger charge is 2.24. The molecule has 2 amide bonds. The summed E-state index contributed by atoms with van der Waals surface area (Å²) in [6.45, 7) is 6.33. The van der Waals surface area contributed by atoms with E-state index in [1.54, 1.807) is 32.6 Å². The van der Waals surface area contributed by atoms with Gasteiger partial charge in [0.05, 0.1) is 17.3 Å². The molecule has 1 aromatic heterocycles. The molecule has 0 radical (unpaired) electrons. The van der Waals surface area contributed by atoms with Gasteiger partial charge in [-0.3, -0.25) is 14.3 Å². The van der Waals surface area contributed by atoms with E-state index in [4.69, 9.17) is 5.73 Å². The molecule has 1 heterocycles. The van der Waals surface area contributed by atoms with Crippen LogP contribution in [-0.2, 0) is 11.3 Å². The fourth-order valence-electron chi connectivity index (χ4n) is 2.05. The summed E-state index contributed by atoms with van der Waals surface area (Å²) in [5.41, 5.74) is 7.35. The molecule has 1 aromatic rings. The number of aromatic nitrogens is 2. The van der Waals surface area contributed by atoms with Crippen molar-refractivity contribution in [2.24, 2.45) is 5.92 Å². The van der Waals surface area contributed by atoms with Crippen molar-refractivity contribution in [3.05, 3.63) is 11.4 Å². The third kappa shape index (κ3) is 3.09. The summed E-state index contributed by atoms with van der Waals surface area (Å²) < 4.78 is 1.59. The van der Waals surface area contributed by atoms with Crippen molar-refractivity contribution in [1.29, 1.82) is 0 Å². The third-order valence-corrected chi connectivity index (χ3v) is 3.26. The highest BCUT2D eigenvalue weighted by atomic mass is 16.2. The number of nitrogen functional groups attached to an aromatic ring is 1. The first-order valence-corrected chi connectivity index (χ1v) is 6.63. The molecule has 0 spiro atoms. The van der Waals surface area contributed by atoms with E-state index in [2.05, 4.69) is 10.4 Å². The molecule has 1 unspecified atom stereocenters. The van der Waals surface area contributed by atoms with Crippen molar-refractivity contribution in [3.8, 4) is 0 Å². The van der Waals surface area contributed by atoms with Crippen molar-refractivity contribution in [3.63, 3.8) is 0 Å². The summed E-state index contributed by atoms with van der Waals surface area (Å²) in [4.78, 5) is 25.5. The van der Waals surface area contributed by atoms with Crippen LogP contribution in [0.25, 0.3) is 0 Å². The number of rotatable bonds is 5. The Kier molecular flexibility index (Phi) is 5.12. The molecule has 20 heavy (non-hydrogen) atoms. The Morgan fingerprint density at radius 2 is 2.10 bits per heavy atom. The lowest BCUT2D eigenvalue weighted by Gasteiger charge is -2.21. The molecule has 7 nitrogen and oxygen atoms in total. The largest absolute Gasteiger partial charge is 0.395 e. The molecule has 3 N–H and O–H groups in total. The minimum atomic E-state index is -0.283. The van der Waals surface area contributed by atoms with Gasteiger partial charge in [-0.1, -0.05) is 6.92 Å². The van der Waals surface area contributed by atoms with E-state index < -0.39 is 0 Å². The van der Waals surface area contributed by atoms with Crippen molar-refractivity contribution in [1.82, 2.24) is 20.0 Å². The molecular weight excluding hydrogens is 258 g/mol. The molecule has 0 saturated carbocycles. The molecule has 1 rings (SSSR count). The average Bonchev–Trinajstić information content (AvgIpc) is 2.72. The molecule has 0 aliphatic rings. The van der Waals surface area contributed by atoms with Crippen molar-refractivity contribution in [2.75, 3.05) is 26.4 Å². The van der Waals surface area contributed by atoms with Crippen LogP contribution in [0.4, 0.5) is 5.69 Å². The van der Waals surface area contributed by atoms with Gasteiger partial charge in [-0.05, 0) is 13.8 Å². The van der Waals surface area contributed by atoms with Crippen molar-refractivity contribution < 1.29 is 9.59 Å². The number of amides is 2. The number of carbonyl (C=O) groups excluding carboxylic acids is 2. The van der Waals surface area contributed by atoms with Crippen LogP contribution in [0.2, 0.25) is 0 Å². The average molecular weight is 281 g/mol. The minimum absolute atomic E-state index is 0.0993. The number of nitrogens with zero attached hydrogens (tertiary/aromatic N) is 3. The summed E-state index contributed by atoms with van der Waals surface area (Å²) >= 11 is 0. The topological polar surface area (TPSA) is 93.2 Å². The second kappa shape index (κ2) is 6.40. The Balaban J connectivity index is 2.92. The summed E-state index contributed by atoms with van der Waals surface area (Å²) in [5.74, 6) is -0.604. The van der Waals surface area contributed by atoms with E-state index >= 15 is 0 Å². The van der Waals surface area contributed by atoms with Gasteiger partial charge >= 0.3 is 0 Å². The van der Waals surface area contributed by atoms with Crippen LogP contribution in [0.3, 0.4) is 0 Å². The fraction of sp³-hybridized carbons (Fsp3) is 0.615. The number of nitrogens with one attached hydrogen (secondary N) is 1. The van der Waals surface area contributed by atoms with Crippen LogP contribution in [0.5, 0.6) is 0 Å². The van der Waals surface area contributed by atoms with Gasteiger partial charge in [0.2, 0.25) is 5.91 Å². The van der Waals surface area contributed by atoms with E-state index in [0.717, 1.165) is 0 Å². The lowest BCUT2D eigenvalue weighted by molar-refractivity contribution is -0.124. The first-order valence-electron chi connectivity index (χ1n) is 6.63. The van der Waals surface area contributed by atoms with Gasteiger partial charge in [0.15, 0.2) is 0 Å². The van der Waals surface area contributed by atoms with Crippen molar-refractivity contribution >= 4 is 17.5 Å². The number of hydrogen-bond donors (Lipinski definition) is 2. The molecule has 0 saturated heterocycles. The summed E-state index contributed by atoms with van der Waals surface area (Å²) in [6, 6.07) is 0. The Bertz CT molecular complexity index is 509. The predicted octanol–water partition coefficient (Wildman–Crippen LogP) is 0.248. The summed E-state index contributed by atoms with van der Waals surface area (Å²) in [6.07, 6.45) is 0. The third-order valence-electron chi connectivity index (χ3n) is 3.26. The molecular formula is C13H23N5O2. The molecule has 1 atom stereocenters. The lowest BCUT2D eigenvalue weighted by Crippen LogP contribution is -2.38. The van der Waals surface area contributed by atoms with Gasteiger partial charge in [0.1, 0.15) is 5.69 Å². The Hall–Kier alpha value is -2.05. The Morgan fingerprint density at radius 3 is 2.60 bits per heavy atom. The first kappa shape index (κ1) is 16.0. The monoisotopic (exact) mass is 281 g/mol. The second-order valence-electron chi connectivity index (χ2n) is 4.86. The van der Waals surface area contributed by atoms with Gasteiger partial charge in [-0.25, -0.2) is 0 Å². The molecule has 7 heteroatoms. The van der Waals surface area contributed by atoms with Gasteiger partial charge < -0.3 is 16.0 Å². The van der Waals surface area contributed by atoms with Crippen LogP contribution >= 0.6 is 0 Å². The van der Waals surface area contributed by atoms with E-state index in [1.807, 2.05) is 6.92 Å². The highest BCUT2D eigenvalue weighted by Crippen LogP contribution is 2.18. The Morgan fingerprint density at radius 1 is 1.50 bits per heavy atom. The van der Waals surface area contributed by atoms with Crippen LogP contribution in [-0.4, -0.2) is 47.1 Å². The number of anilines is 1. The van der Waals surface area contributed by atoms with Gasteiger partial charge in [-0.2, -0.15) is 5.10 Å². The van der Waals surface area contributed by atoms with Gasteiger partial charge in [0, 0.05) is 27.2 Å². The van der Waals surface area contributed by atoms with Crippen molar-refractivity contribution in [2.45, 2.75) is 27.3 Å². The molecule has 0 fully saturated rings. The zero-order chi connectivity index (χ0) is 15.4. The van der Waals surface area contributed by atoms with Crippen LogP contribution in [0, 0.1) is 12.8 Å². The zero-order valence-electron chi connectivity index (χ0n) is 12.7. The number of hydrogen-bond acceptors (Lipinski definition) is 4. The zero-order valence-corrected chi connectivity index (χ0v) is 12.7. The Labute approximate surface area is 119 Å². The summed E-state index contributed by atoms with van der Waals surface area (Å²) in [7, 11) is 3.23. The SMILES string of the molecule is CCn1nc(C)c(N)c1C(=O)N(C)CC(C)C(=O)NC. The molecule has 0 aliphatic carbocycles. The predicted molar refractivity (Wildman–Crippen MR) is 77.2 cm³/mol. The molecule has 0 bridgehead atoms. The fourth-order valence-corrected chi connectivity index (χ4v) is 2.05. The van der Waals surface area contributed by atoms with Gasteiger partial charge in [-0.15, -0.1) is 0 Å². The van der Waals surface area contributed by atoms with Gasteiger partial charge in [0.25, 0.3) is 5.91 Å². The second-order valence-corrected chi connectivity index (χ2v) is 4.86. The maximum absolute atomic E-state index is 12.5. The number of aryl methyl sites for hydroxylation is 2. The van der Waals surface area contributed by atoms with Crippen LogP contribution in [0.1, 0.15) is 30.0 Å². The highest BCUT2D eigenvalue weighted by molar-refractivity contribution is 5.98. The number of nitrogens with two attached hydrogens (primary N) is 1. The quantitative estimate of drug-likeness (QED) is 0.809. The van der Waals surface area contributed by atoms with E-state index in [1.165, 1.54) is 4.90 Å². The standard InChI is InChI=1S/C13H23N5O2/c1-6-18-11(10(14)9(3)16-18)13(20)17(5)7-8(2)12(19)15-4/h8H,6-7,14H2,1-5H3,(H,15,19). The smallest absolute Gasteiger partial charge is 0.274 e. The molecule has 112 valence electrons. The van der Waals surface area contributed by atoms with Crippen LogP contribution < -0.4 is 11.1 Å². The molecule has 0 aromatic carbocycles.